The van der Waals surface area contributed by atoms with Crippen molar-refractivity contribution in [1.29, 1.82) is 0 Å². The van der Waals surface area contributed by atoms with Gasteiger partial charge in [0, 0.05) is 28.1 Å². The van der Waals surface area contributed by atoms with Gasteiger partial charge in [-0.3, -0.25) is 0 Å². The lowest BCUT2D eigenvalue weighted by molar-refractivity contribution is 0.342. The van der Waals surface area contributed by atoms with E-state index < -0.39 is 0 Å². The van der Waals surface area contributed by atoms with Crippen molar-refractivity contribution in [2.24, 2.45) is 0 Å². The number of ether oxygens (including phenoxy) is 1. The highest BCUT2D eigenvalue weighted by Gasteiger charge is 2.03. The summed E-state index contributed by atoms with van der Waals surface area (Å²) in [5.41, 5.74) is 7.56. The summed E-state index contributed by atoms with van der Waals surface area (Å²) in [6, 6.07) is 10.2. The van der Waals surface area contributed by atoms with Crippen LogP contribution in [0.1, 0.15) is 23.6 Å². The van der Waals surface area contributed by atoms with Crippen molar-refractivity contribution in [3.8, 4) is 5.75 Å². The molecule has 2 rings (SSSR count). The molecule has 3 nitrogen and oxygen atoms in total. The third-order valence-corrected chi connectivity index (χ3v) is 4.08. The number of hydrogen-bond acceptors (Lipinski definition) is 4. The zero-order valence-electron chi connectivity index (χ0n) is 11.4. The molecule has 0 radical (unpaired) electrons. The predicted octanol–water partition coefficient (Wildman–Crippen LogP) is 3.90. The summed E-state index contributed by atoms with van der Waals surface area (Å²) in [7, 11) is 0. The van der Waals surface area contributed by atoms with E-state index in [-0.39, 0.29) is 0 Å². The predicted molar refractivity (Wildman–Crippen MR) is 83.0 cm³/mol. The molecule has 1 heterocycles. The van der Waals surface area contributed by atoms with Crippen LogP contribution in [0.2, 0.25) is 0 Å². The van der Waals surface area contributed by atoms with Gasteiger partial charge in [-0.1, -0.05) is 6.92 Å². The fraction of sp³-hybridized carbons (Fsp3) is 0.333. The summed E-state index contributed by atoms with van der Waals surface area (Å²) in [4.78, 5) is 2.76. The van der Waals surface area contributed by atoms with E-state index in [1.165, 1.54) is 9.75 Å². The maximum Gasteiger partial charge on any atom is 0.144 e. The Morgan fingerprint density at radius 3 is 2.63 bits per heavy atom. The Balaban J connectivity index is 2.00. The molecule has 0 aliphatic heterocycles. The number of benzene rings is 1. The van der Waals surface area contributed by atoms with Gasteiger partial charge in [0.1, 0.15) is 5.75 Å². The molecule has 0 aliphatic carbocycles. The summed E-state index contributed by atoms with van der Waals surface area (Å²) >= 11 is 1.85. The molecule has 0 fully saturated rings. The van der Waals surface area contributed by atoms with E-state index in [4.69, 9.17) is 10.5 Å². The number of nitrogens with one attached hydrogen (secondary N) is 1. The van der Waals surface area contributed by atoms with Gasteiger partial charge in [0.05, 0.1) is 12.3 Å². The third kappa shape index (κ3) is 3.64. The molecule has 0 bridgehead atoms. The first-order valence-corrected chi connectivity index (χ1v) is 7.38. The summed E-state index contributed by atoms with van der Waals surface area (Å²) in [6.45, 7) is 5.59. The molecule has 19 heavy (non-hydrogen) atoms. The van der Waals surface area contributed by atoms with Crippen LogP contribution in [0, 0.1) is 0 Å². The van der Waals surface area contributed by atoms with E-state index in [9.17, 15) is 0 Å². The second-order valence-corrected chi connectivity index (χ2v) is 5.51. The minimum Gasteiger partial charge on any atom is -0.492 e. The molecule has 0 amide bonds. The Kier molecular flexibility index (Phi) is 4.68. The molecule has 102 valence electrons. The van der Waals surface area contributed by atoms with Gasteiger partial charge in [-0.05, 0) is 37.6 Å². The van der Waals surface area contributed by atoms with E-state index in [1.807, 2.05) is 36.5 Å². The molecule has 0 saturated carbocycles. The van der Waals surface area contributed by atoms with E-state index >= 15 is 0 Å². The number of hydrogen-bond donors (Lipinski definition) is 2. The van der Waals surface area contributed by atoms with Crippen LogP contribution in [0.5, 0.6) is 5.75 Å². The van der Waals surface area contributed by atoms with Gasteiger partial charge in [0.2, 0.25) is 0 Å². The van der Waals surface area contributed by atoms with Crippen LogP contribution in [0.3, 0.4) is 0 Å². The van der Waals surface area contributed by atoms with E-state index in [2.05, 4.69) is 24.4 Å². The van der Waals surface area contributed by atoms with Crippen LogP contribution in [-0.4, -0.2) is 6.61 Å². The smallest absolute Gasteiger partial charge is 0.144 e. The Bertz CT molecular complexity index is 537. The molecular formula is C15H20N2OS. The van der Waals surface area contributed by atoms with Gasteiger partial charge in [-0.15, -0.1) is 11.3 Å². The van der Waals surface area contributed by atoms with E-state index in [0.29, 0.717) is 12.3 Å². The molecule has 3 N–H and O–H groups in total. The number of nitrogen functional groups attached to an aromatic ring is 1. The molecule has 1 aromatic heterocycles. The summed E-state index contributed by atoms with van der Waals surface area (Å²) < 4.78 is 5.49. The Morgan fingerprint density at radius 2 is 1.95 bits per heavy atom. The van der Waals surface area contributed by atoms with Gasteiger partial charge < -0.3 is 15.8 Å². The van der Waals surface area contributed by atoms with Crippen molar-refractivity contribution >= 4 is 22.7 Å². The third-order valence-electron chi connectivity index (χ3n) is 2.85. The number of aryl methyl sites for hydroxylation is 1. The van der Waals surface area contributed by atoms with Gasteiger partial charge in [0.15, 0.2) is 0 Å². The zero-order chi connectivity index (χ0) is 13.7. The fourth-order valence-corrected chi connectivity index (χ4v) is 2.72. The first-order valence-electron chi connectivity index (χ1n) is 6.56. The average Bonchev–Trinajstić information content (AvgIpc) is 2.88. The van der Waals surface area contributed by atoms with Gasteiger partial charge in [-0.25, -0.2) is 0 Å². The number of anilines is 2. The van der Waals surface area contributed by atoms with Crippen LogP contribution >= 0.6 is 11.3 Å². The maximum atomic E-state index is 5.85. The maximum absolute atomic E-state index is 5.85. The van der Waals surface area contributed by atoms with Crippen molar-refractivity contribution in [1.82, 2.24) is 0 Å². The number of rotatable bonds is 6. The average molecular weight is 276 g/mol. The minimum atomic E-state index is 0.623. The van der Waals surface area contributed by atoms with Gasteiger partial charge >= 0.3 is 0 Å². The van der Waals surface area contributed by atoms with Crippen molar-refractivity contribution in [3.63, 3.8) is 0 Å². The summed E-state index contributed by atoms with van der Waals surface area (Å²) in [5.74, 6) is 0.743. The highest BCUT2D eigenvalue weighted by molar-refractivity contribution is 7.12. The van der Waals surface area contributed by atoms with Crippen molar-refractivity contribution in [2.45, 2.75) is 26.8 Å². The minimum absolute atomic E-state index is 0.623. The normalized spacial score (nSPS) is 10.4. The first-order chi connectivity index (χ1) is 9.22. The molecule has 2 aromatic rings. The molecule has 0 atom stereocenters. The molecule has 0 spiro atoms. The standard InChI is InChI=1S/C15H20N2OS/c1-3-12-6-7-13(19-12)10-17-11-5-8-14(16)15(9-11)18-4-2/h5-9,17H,3-4,10,16H2,1-2H3. The molecule has 0 saturated heterocycles. The van der Waals surface area contributed by atoms with Crippen LogP contribution in [0.15, 0.2) is 30.3 Å². The topological polar surface area (TPSA) is 47.3 Å². The number of thiophene rings is 1. The monoisotopic (exact) mass is 276 g/mol. The van der Waals surface area contributed by atoms with E-state index in [1.54, 1.807) is 0 Å². The quantitative estimate of drug-likeness (QED) is 0.787. The van der Waals surface area contributed by atoms with Crippen LogP contribution in [0.4, 0.5) is 11.4 Å². The molecule has 1 aromatic carbocycles. The molecule has 4 heteroatoms. The zero-order valence-corrected chi connectivity index (χ0v) is 12.2. The Labute approximate surface area is 118 Å². The molecule has 0 unspecified atom stereocenters. The Morgan fingerprint density at radius 1 is 1.16 bits per heavy atom. The molecule has 0 aliphatic rings. The van der Waals surface area contributed by atoms with Crippen molar-refractivity contribution in [2.75, 3.05) is 17.7 Å². The fourth-order valence-electron chi connectivity index (χ4n) is 1.82. The molecular weight excluding hydrogens is 256 g/mol. The van der Waals surface area contributed by atoms with Crippen LogP contribution in [-0.2, 0) is 13.0 Å². The SMILES string of the molecule is CCOc1cc(NCc2ccc(CC)s2)ccc1N. The number of nitrogens with two attached hydrogens (primary N) is 1. The highest BCUT2D eigenvalue weighted by atomic mass is 32.1. The van der Waals surface area contributed by atoms with Crippen molar-refractivity contribution < 1.29 is 4.74 Å². The lowest BCUT2D eigenvalue weighted by Gasteiger charge is -2.10. The first kappa shape index (κ1) is 13.7. The lowest BCUT2D eigenvalue weighted by atomic mass is 10.2. The van der Waals surface area contributed by atoms with Crippen molar-refractivity contribution in [3.05, 3.63) is 40.1 Å². The lowest BCUT2D eigenvalue weighted by Crippen LogP contribution is -2.01. The van der Waals surface area contributed by atoms with Crippen LogP contribution in [0.25, 0.3) is 0 Å². The second-order valence-electron chi connectivity index (χ2n) is 4.26. The summed E-state index contributed by atoms with van der Waals surface area (Å²) in [5, 5.41) is 3.40. The van der Waals surface area contributed by atoms with Gasteiger partial charge in [-0.2, -0.15) is 0 Å². The highest BCUT2D eigenvalue weighted by Crippen LogP contribution is 2.26. The summed E-state index contributed by atoms with van der Waals surface area (Å²) in [6.07, 6.45) is 1.10. The van der Waals surface area contributed by atoms with Gasteiger partial charge in [0.25, 0.3) is 0 Å². The largest absolute Gasteiger partial charge is 0.492 e. The van der Waals surface area contributed by atoms with Crippen LogP contribution < -0.4 is 15.8 Å². The second kappa shape index (κ2) is 6.48. The van der Waals surface area contributed by atoms with E-state index in [0.717, 1.165) is 24.4 Å². The Hall–Kier alpha value is -1.68.